The first-order chi connectivity index (χ1) is 9.49. The summed E-state index contributed by atoms with van der Waals surface area (Å²) in [5, 5.41) is 3.00. The second-order valence-electron chi connectivity index (χ2n) is 4.72. The monoisotopic (exact) mass is 282 g/mol. The molecule has 0 aliphatic rings. The summed E-state index contributed by atoms with van der Waals surface area (Å²) >= 11 is 0. The Labute approximate surface area is 118 Å². The van der Waals surface area contributed by atoms with Crippen LogP contribution in [0.3, 0.4) is 0 Å². The summed E-state index contributed by atoms with van der Waals surface area (Å²) in [6, 6.07) is -0.508. The van der Waals surface area contributed by atoms with Crippen molar-refractivity contribution < 1.29 is 14.3 Å². The van der Waals surface area contributed by atoms with Crippen molar-refractivity contribution in [3.05, 3.63) is 6.33 Å². The van der Waals surface area contributed by atoms with Crippen molar-refractivity contribution in [1.29, 1.82) is 0 Å². The quantitative estimate of drug-likeness (QED) is 0.730. The number of nitrogens with two attached hydrogens (primary N) is 1. The smallest absolute Gasteiger partial charge is 0.328 e. The Hall–Kier alpha value is -2.05. The molecular formula is C13H22N4O3. The lowest BCUT2D eigenvalue weighted by Crippen LogP contribution is -2.32. The van der Waals surface area contributed by atoms with E-state index in [4.69, 9.17) is 15.2 Å². The van der Waals surface area contributed by atoms with Crippen molar-refractivity contribution in [2.24, 2.45) is 5.92 Å². The first-order valence-corrected chi connectivity index (χ1v) is 6.57. The molecule has 0 fully saturated rings. The molecule has 3 N–H and O–H groups in total. The maximum Gasteiger partial charge on any atom is 0.328 e. The maximum atomic E-state index is 11.8. The Morgan fingerprint density at radius 3 is 2.70 bits per heavy atom. The molecule has 1 rings (SSSR count). The van der Waals surface area contributed by atoms with Gasteiger partial charge < -0.3 is 20.5 Å². The predicted molar refractivity (Wildman–Crippen MR) is 76.5 cm³/mol. The number of hydrogen-bond donors (Lipinski definition) is 2. The molecule has 0 aliphatic heterocycles. The van der Waals surface area contributed by atoms with E-state index in [-0.39, 0.29) is 11.7 Å². The number of hydrogen-bond acceptors (Lipinski definition) is 7. The number of ether oxygens (including phenoxy) is 2. The summed E-state index contributed by atoms with van der Waals surface area (Å²) in [7, 11) is 1.35. The number of rotatable bonds is 7. The topological polar surface area (TPSA) is 99.4 Å². The van der Waals surface area contributed by atoms with Crippen molar-refractivity contribution >= 4 is 17.5 Å². The van der Waals surface area contributed by atoms with E-state index < -0.39 is 6.04 Å². The molecule has 20 heavy (non-hydrogen) atoms. The minimum atomic E-state index is -0.508. The summed E-state index contributed by atoms with van der Waals surface area (Å²) in [5.74, 6) is 0.647. The van der Waals surface area contributed by atoms with Crippen molar-refractivity contribution in [2.75, 3.05) is 24.8 Å². The van der Waals surface area contributed by atoms with Gasteiger partial charge in [-0.25, -0.2) is 9.78 Å². The van der Waals surface area contributed by atoms with Gasteiger partial charge in [0.2, 0.25) is 5.88 Å². The van der Waals surface area contributed by atoms with Gasteiger partial charge in [0.15, 0.2) is 5.82 Å². The Morgan fingerprint density at radius 2 is 2.15 bits per heavy atom. The molecular weight excluding hydrogens is 260 g/mol. The third-order valence-corrected chi connectivity index (χ3v) is 2.63. The molecule has 1 atom stereocenters. The maximum absolute atomic E-state index is 11.8. The lowest BCUT2D eigenvalue weighted by molar-refractivity contribution is -0.141. The molecule has 0 radical (unpaired) electrons. The van der Waals surface area contributed by atoms with E-state index >= 15 is 0 Å². The van der Waals surface area contributed by atoms with Crippen molar-refractivity contribution in [3.63, 3.8) is 0 Å². The van der Waals surface area contributed by atoms with Gasteiger partial charge in [-0.3, -0.25) is 0 Å². The fraction of sp³-hybridized carbons (Fsp3) is 0.615. The van der Waals surface area contributed by atoms with Crippen LogP contribution in [0.4, 0.5) is 11.5 Å². The van der Waals surface area contributed by atoms with Gasteiger partial charge >= 0.3 is 5.97 Å². The van der Waals surface area contributed by atoms with Gasteiger partial charge in [0, 0.05) is 0 Å². The molecule has 0 aliphatic carbocycles. The molecule has 7 nitrogen and oxygen atoms in total. The number of nitrogens with zero attached hydrogens (tertiary/aromatic N) is 2. The van der Waals surface area contributed by atoms with Gasteiger partial charge in [-0.2, -0.15) is 4.98 Å². The number of esters is 1. The minimum Gasteiger partial charge on any atom is -0.476 e. The molecule has 7 heteroatoms. The molecule has 0 spiro atoms. The zero-order chi connectivity index (χ0) is 15.1. The Bertz CT molecular complexity index is 451. The Morgan fingerprint density at radius 1 is 1.45 bits per heavy atom. The van der Waals surface area contributed by atoms with Crippen molar-refractivity contribution in [2.45, 2.75) is 33.2 Å². The summed E-state index contributed by atoms with van der Waals surface area (Å²) < 4.78 is 10.1. The number of carbonyl (C=O) groups excluding carboxylic acids is 1. The minimum absolute atomic E-state index is 0.284. The summed E-state index contributed by atoms with van der Waals surface area (Å²) in [6.07, 6.45) is 1.95. The van der Waals surface area contributed by atoms with Crippen LogP contribution in [0.2, 0.25) is 0 Å². The van der Waals surface area contributed by atoms with Crippen LogP contribution in [0.25, 0.3) is 0 Å². The van der Waals surface area contributed by atoms with Gasteiger partial charge in [-0.15, -0.1) is 0 Å². The average Bonchev–Trinajstić information content (AvgIpc) is 2.41. The first-order valence-electron chi connectivity index (χ1n) is 6.57. The van der Waals surface area contributed by atoms with Crippen LogP contribution in [0, 0.1) is 5.92 Å². The Kier molecular flexibility index (Phi) is 6.02. The fourth-order valence-electron chi connectivity index (χ4n) is 1.74. The van der Waals surface area contributed by atoms with Gasteiger partial charge in [-0.1, -0.05) is 13.8 Å². The van der Waals surface area contributed by atoms with Crippen LogP contribution in [-0.4, -0.2) is 35.7 Å². The van der Waals surface area contributed by atoms with Crippen LogP contribution in [0.1, 0.15) is 27.2 Å². The number of nitrogens with one attached hydrogen (secondary N) is 1. The number of nitrogen functional groups attached to an aromatic ring is 1. The zero-order valence-corrected chi connectivity index (χ0v) is 12.3. The highest BCUT2D eigenvalue weighted by atomic mass is 16.5. The van der Waals surface area contributed by atoms with Crippen LogP contribution >= 0.6 is 0 Å². The van der Waals surface area contributed by atoms with E-state index in [1.807, 2.05) is 20.8 Å². The van der Waals surface area contributed by atoms with E-state index in [1.54, 1.807) is 0 Å². The summed E-state index contributed by atoms with van der Waals surface area (Å²) in [6.45, 7) is 6.33. The van der Waals surface area contributed by atoms with E-state index in [0.717, 1.165) is 0 Å². The average molecular weight is 282 g/mol. The molecule has 1 unspecified atom stereocenters. The summed E-state index contributed by atoms with van der Waals surface area (Å²) in [4.78, 5) is 19.8. The highest BCUT2D eigenvalue weighted by molar-refractivity contribution is 5.80. The Balaban J connectivity index is 2.93. The van der Waals surface area contributed by atoms with Gasteiger partial charge in [-0.05, 0) is 19.3 Å². The fourth-order valence-corrected chi connectivity index (χ4v) is 1.74. The lowest BCUT2D eigenvalue weighted by atomic mass is 10.0. The van der Waals surface area contributed by atoms with E-state index in [9.17, 15) is 4.79 Å². The molecule has 0 aromatic carbocycles. The molecule has 0 saturated carbocycles. The van der Waals surface area contributed by atoms with Crippen molar-refractivity contribution in [3.8, 4) is 5.88 Å². The van der Waals surface area contributed by atoms with Crippen LogP contribution in [-0.2, 0) is 9.53 Å². The third kappa shape index (κ3) is 4.25. The second kappa shape index (κ2) is 7.52. The first kappa shape index (κ1) is 16.0. The van der Waals surface area contributed by atoms with Crippen LogP contribution in [0.15, 0.2) is 6.33 Å². The molecule has 1 aromatic heterocycles. The van der Waals surface area contributed by atoms with Gasteiger partial charge in [0.05, 0.1) is 13.7 Å². The van der Waals surface area contributed by atoms with E-state index in [2.05, 4.69) is 15.3 Å². The lowest BCUT2D eigenvalue weighted by Gasteiger charge is -2.20. The highest BCUT2D eigenvalue weighted by Gasteiger charge is 2.22. The molecule has 1 heterocycles. The van der Waals surface area contributed by atoms with Crippen molar-refractivity contribution in [1.82, 2.24) is 9.97 Å². The SMILES string of the molecule is CCOc1ncnc(NC(CC(C)C)C(=O)OC)c1N. The molecule has 0 amide bonds. The number of methoxy groups -OCH3 is 1. The molecule has 112 valence electrons. The van der Waals surface area contributed by atoms with Crippen LogP contribution in [0.5, 0.6) is 5.88 Å². The van der Waals surface area contributed by atoms with E-state index in [1.165, 1.54) is 13.4 Å². The molecule has 0 saturated heterocycles. The predicted octanol–water partition coefficient (Wildman–Crippen LogP) is 1.46. The normalized spacial score (nSPS) is 12.1. The number of carbonyl (C=O) groups is 1. The van der Waals surface area contributed by atoms with Gasteiger partial charge in [0.1, 0.15) is 18.1 Å². The van der Waals surface area contributed by atoms with E-state index in [0.29, 0.717) is 30.6 Å². The highest BCUT2D eigenvalue weighted by Crippen LogP contribution is 2.26. The standard InChI is InChI=1S/C13H22N4O3/c1-5-20-12-10(14)11(15-7-16-12)17-9(6-8(2)3)13(18)19-4/h7-9H,5-6,14H2,1-4H3,(H,15,16,17). The van der Waals surface area contributed by atoms with Gasteiger partial charge in [0.25, 0.3) is 0 Å². The van der Waals surface area contributed by atoms with Crippen LogP contribution < -0.4 is 15.8 Å². The largest absolute Gasteiger partial charge is 0.476 e. The molecule has 0 bridgehead atoms. The second-order valence-corrected chi connectivity index (χ2v) is 4.72. The number of aromatic nitrogens is 2. The summed E-state index contributed by atoms with van der Waals surface area (Å²) in [5.41, 5.74) is 6.21. The third-order valence-electron chi connectivity index (χ3n) is 2.63. The zero-order valence-electron chi connectivity index (χ0n) is 12.3. The number of anilines is 2. The molecule has 1 aromatic rings.